The quantitative estimate of drug-likeness (QED) is 0.800. The van der Waals surface area contributed by atoms with Gasteiger partial charge in [0.15, 0.2) is 0 Å². The van der Waals surface area contributed by atoms with Crippen molar-refractivity contribution >= 4 is 23.2 Å². The van der Waals surface area contributed by atoms with Gasteiger partial charge < -0.3 is 10.1 Å². The van der Waals surface area contributed by atoms with Gasteiger partial charge in [-0.3, -0.25) is 9.69 Å². The summed E-state index contributed by atoms with van der Waals surface area (Å²) in [7, 11) is 1.92. The predicted octanol–water partition coefficient (Wildman–Crippen LogP) is 4.29. The molecular weight excluding hydrogens is 336 g/mol. The molecule has 0 saturated carbocycles. The number of carbonyl (C=O) groups is 1. The van der Waals surface area contributed by atoms with Gasteiger partial charge in [0.1, 0.15) is 12.4 Å². The van der Waals surface area contributed by atoms with Crippen LogP contribution in [0.25, 0.3) is 0 Å². The molecule has 0 aliphatic carbocycles. The van der Waals surface area contributed by atoms with Crippen molar-refractivity contribution in [3.8, 4) is 5.75 Å². The summed E-state index contributed by atoms with van der Waals surface area (Å²) in [6, 6.07) is 13.0. The zero-order valence-corrected chi connectivity index (χ0v) is 15.9. The molecule has 0 radical (unpaired) electrons. The molecule has 2 aromatic rings. The normalized spacial score (nSPS) is 12.1. The van der Waals surface area contributed by atoms with Gasteiger partial charge in [0.2, 0.25) is 5.91 Å². The van der Waals surface area contributed by atoms with Gasteiger partial charge in [-0.05, 0) is 63.2 Å². The summed E-state index contributed by atoms with van der Waals surface area (Å²) < 4.78 is 5.69. The lowest BCUT2D eigenvalue weighted by molar-refractivity contribution is -0.120. The molecule has 0 aliphatic rings. The minimum Gasteiger partial charge on any atom is -0.492 e. The number of halogens is 1. The van der Waals surface area contributed by atoms with Crippen molar-refractivity contribution in [2.45, 2.75) is 26.8 Å². The number of nitrogens with one attached hydrogen (secondary N) is 1. The van der Waals surface area contributed by atoms with Crippen molar-refractivity contribution in [2.24, 2.45) is 0 Å². The number of aryl methyl sites for hydroxylation is 2. The van der Waals surface area contributed by atoms with Gasteiger partial charge in [-0.1, -0.05) is 29.8 Å². The topological polar surface area (TPSA) is 41.6 Å². The first-order valence-electron chi connectivity index (χ1n) is 8.34. The Morgan fingerprint density at radius 3 is 2.36 bits per heavy atom. The SMILES string of the molecule is Cc1cccc(C)c1NC(=O)C(C)N(C)CCOc1ccc(Cl)cc1. The van der Waals surface area contributed by atoms with E-state index in [9.17, 15) is 4.79 Å². The molecule has 0 heterocycles. The number of benzene rings is 2. The number of para-hydroxylation sites is 1. The van der Waals surface area contributed by atoms with Crippen LogP contribution in [0.1, 0.15) is 18.1 Å². The van der Waals surface area contributed by atoms with Gasteiger partial charge in [-0.15, -0.1) is 0 Å². The zero-order chi connectivity index (χ0) is 18.4. The molecule has 1 unspecified atom stereocenters. The van der Waals surface area contributed by atoms with Crippen molar-refractivity contribution in [3.05, 3.63) is 58.6 Å². The van der Waals surface area contributed by atoms with Crippen LogP contribution in [0.3, 0.4) is 0 Å². The largest absolute Gasteiger partial charge is 0.492 e. The van der Waals surface area contributed by atoms with Crippen LogP contribution in [0.5, 0.6) is 5.75 Å². The molecule has 1 amide bonds. The third kappa shape index (κ3) is 5.48. The van der Waals surface area contributed by atoms with Gasteiger partial charge in [0, 0.05) is 17.3 Å². The Bertz CT molecular complexity index is 696. The molecule has 134 valence electrons. The number of ether oxygens (including phenoxy) is 1. The summed E-state index contributed by atoms with van der Waals surface area (Å²) in [6.07, 6.45) is 0. The van der Waals surface area contributed by atoms with Gasteiger partial charge in [0.05, 0.1) is 6.04 Å². The second-order valence-electron chi connectivity index (χ2n) is 6.22. The van der Waals surface area contributed by atoms with Gasteiger partial charge >= 0.3 is 0 Å². The average molecular weight is 361 g/mol. The lowest BCUT2D eigenvalue weighted by atomic mass is 10.1. The lowest BCUT2D eigenvalue weighted by Crippen LogP contribution is -2.41. The smallest absolute Gasteiger partial charge is 0.241 e. The maximum Gasteiger partial charge on any atom is 0.241 e. The molecule has 2 aromatic carbocycles. The van der Waals surface area contributed by atoms with Gasteiger partial charge in [-0.25, -0.2) is 0 Å². The van der Waals surface area contributed by atoms with Gasteiger partial charge in [0.25, 0.3) is 0 Å². The molecule has 5 heteroatoms. The molecule has 1 atom stereocenters. The van der Waals surface area contributed by atoms with Crippen LogP contribution in [0.4, 0.5) is 5.69 Å². The summed E-state index contributed by atoms with van der Waals surface area (Å²) in [4.78, 5) is 14.5. The Morgan fingerprint density at radius 2 is 1.76 bits per heavy atom. The maximum absolute atomic E-state index is 12.5. The standard InChI is InChI=1S/C20H25ClN2O2/c1-14-6-5-7-15(2)19(14)22-20(24)16(3)23(4)12-13-25-18-10-8-17(21)9-11-18/h5-11,16H,12-13H2,1-4H3,(H,22,24). The van der Waals surface area contributed by atoms with Crippen LogP contribution in [0.2, 0.25) is 5.02 Å². The molecule has 2 rings (SSSR count). The zero-order valence-electron chi connectivity index (χ0n) is 15.2. The monoisotopic (exact) mass is 360 g/mol. The minimum atomic E-state index is -0.257. The summed E-state index contributed by atoms with van der Waals surface area (Å²) in [6.45, 7) is 7.03. The van der Waals surface area contributed by atoms with E-state index in [1.54, 1.807) is 12.1 Å². The van der Waals surface area contributed by atoms with E-state index in [1.165, 1.54) is 0 Å². The Morgan fingerprint density at radius 1 is 1.16 bits per heavy atom. The molecule has 0 fully saturated rings. The van der Waals surface area contributed by atoms with Crippen LogP contribution < -0.4 is 10.1 Å². The number of hydrogen-bond acceptors (Lipinski definition) is 3. The highest BCUT2D eigenvalue weighted by atomic mass is 35.5. The maximum atomic E-state index is 12.5. The molecule has 0 spiro atoms. The Balaban J connectivity index is 1.85. The van der Waals surface area contributed by atoms with Crippen molar-refractivity contribution in [2.75, 3.05) is 25.5 Å². The predicted molar refractivity (Wildman–Crippen MR) is 104 cm³/mol. The molecule has 0 saturated heterocycles. The van der Waals surface area contributed by atoms with Crippen LogP contribution in [0, 0.1) is 13.8 Å². The third-order valence-electron chi connectivity index (χ3n) is 4.30. The fraction of sp³-hybridized carbons (Fsp3) is 0.350. The molecule has 0 aliphatic heterocycles. The van der Waals surface area contributed by atoms with E-state index >= 15 is 0 Å². The van der Waals surface area contributed by atoms with E-state index in [1.807, 2.05) is 63.1 Å². The Hall–Kier alpha value is -2.04. The number of hydrogen-bond donors (Lipinski definition) is 1. The van der Waals surface area contributed by atoms with E-state index in [-0.39, 0.29) is 11.9 Å². The van der Waals surface area contributed by atoms with Gasteiger partial charge in [-0.2, -0.15) is 0 Å². The molecule has 25 heavy (non-hydrogen) atoms. The first-order valence-corrected chi connectivity index (χ1v) is 8.72. The summed E-state index contributed by atoms with van der Waals surface area (Å²) >= 11 is 5.85. The van der Waals surface area contributed by atoms with Crippen molar-refractivity contribution in [1.29, 1.82) is 0 Å². The summed E-state index contributed by atoms with van der Waals surface area (Å²) in [5.41, 5.74) is 3.02. The van der Waals surface area contributed by atoms with Crippen LogP contribution in [-0.2, 0) is 4.79 Å². The van der Waals surface area contributed by atoms with E-state index in [0.29, 0.717) is 18.2 Å². The van der Waals surface area contributed by atoms with Crippen molar-refractivity contribution in [3.63, 3.8) is 0 Å². The second kappa shape index (κ2) is 8.88. The third-order valence-corrected chi connectivity index (χ3v) is 4.55. The Labute approximate surface area is 154 Å². The van der Waals surface area contributed by atoms with E-state index in [4.69, 9.17) is 16.3 Å². The number of nitrogens with zero attached hydrogens (tertiary/aromatic N) is 1. The van der Waals surface area contributed by atoms with E-state index in [0.717, 1.165) is 22.6 Å². The average Bonchev–Trinajstić information content (AvgIpc) is 2.59. The number of rotatable bonds is 7. The van der Waals surface area contributed by atoms with Crippen LogP contribution >= 0.6 is 11.6 Å². The second-order valence-corrected chi connectivity index (χ2v) is 6.65. The fourth-order valence-corrected chi connectivity index (χ4v) is 2.60. The fourth-order valence-electron chi connectivity index (χ4n) is 2.47. The highest BCUT2D eigenvalue weighted by molar-refractivity contribution is 6.30. The van der Waals surface area contributed by atoms with Crippen molar-refractivity contribution in [1.82, 2.24) is 4.90 Å². The van der Waals surface area contributed by atoms with Crippen LogP contribution in [0.15, 0.2) is 42.5 Å². The molecule has 4 nitrogen and oxygen atoms in total. The van der Waals surface area contributed by atoms with Crippen LogP contribution in [-0.4, -0.2) is 37.0 Å². The number of likely N-dealkylation sites (N-methyl/N-ethyl adjacent to an activating group) is 1. The molecule has 0 aromatic heterocycles. The highest BCUT2D eigenvalue weighted by Gasteiger charge is 2.19. The molecule has 0 bridgehead atoms. The number of carbonyl (C=O) groups excluding carboxylic acids is 1. The Kier molecular flexibility index (Phi) is 6.85. The number of anilines is 1. The summed E-state index contributed by atoms with van der Waals surface area (Å²) in [5.74, 6) is 0.747. The summed E-state index contributed by atoms with van der Waals surface area (Å²) in [5, 5.41) is 3.72. The minimum absolute atomic E-state index is 0.0219. The highest BCUT2D eigenvalue weighted by Crippen LogP contribution is 2.20. The van der Waals surface area contributed by atoms with E-state index < -0.39 is 0 Å². The lowest BCUT2D eigenvalue weighted by Gasteiger charge is -2.24. The molecule has 1 N–H and O–H groups in total. The molecular formula is C20H25ClN2O2. The first-order chi connectivity index (χ1) is 11.9. The number of amides is 1. The van der Waals surface area contributed by atoms with Crippen molar-refractivity contribution < 1.29 is 9.53 Å². The first kappa shape index (κ1) is 19.3. The van der Waals surface area contributed by atoms with E-state index in [2.05, 4.69) is 5.32 Å².